The van der Waals surface area contributed by atoms with Crippen LogP contribution >= 0.6 is 0 Å². The third-order valence-corrected chi connectivity index (χ3v) is 2.22. The van der Waals surface area contributed by atoms with Crippen molar-refractivity contribution in [1.29, 1.82) is 0 Å². The number of hydrogen-bond donors (Lipinski definition) is 1. The minimum absolute atomic E-state index is 0.0537. The van der Waals surface area contributed by atoms with Gasteiger partial charge in [-0.25, -0.2) is 13.8 Å². The van der Waals surface area contributed by atoms with Crippen molar-refractivity contribution in [2.24, 2.45) is 0 Å². The smallest absolute Gasteiger partial charge is 0.226 e. The molecule has 1 heterocycles. The van der Waals surface area contributed by atoms with E-state index in [-0.39, 0.29) is 11.6 Å². The van der Waals surface area contributed by atoms with Gasteiger partial charge < -0.3 is 10.1 Å². The quantitative estimate of drug-likeness (QED) is 0.921. The summed E-state index contributed by atoms with van der Waals surface area (Å²) in [7, 11) is 0. The zero-order chi connectivity index (χ0) is 13.8. The lowest BCUT2D eigenvalue weighted by atomic mass is 10.3. The van der Waals surface area contributed by atoms with Crippen LogP contribution in [-0.4, -0.2) is 16.5 Å². The first-order valence-electron chi connectivity index (χ1n) is 5.80. The molecule has 0 aliphatic heterocycles. The van der Waals surface area contributed by atoms with Crippen LogP contribution in [0.5, 0.6) is 11.6 Å². The molecule has 0 aliphatic rings. The van der Waals surface area contributed by atoms with Crippen molar-refractivity contribution >= 4 is 5.95 Å². The molecular formula is C13H13F2N3O. The fourth-order valence-electron chi connectivity index (χ4n) is 1.54. The fraction of sp³-hybridized carbons (Fsp3) is 0.231. The van der Waals surface area contributed by atoms with Gasteiger partial charge in [-0.3, -0.25) is 0 Å². The number of nitrogens with zero attached hydrogens (tertiary/aromatic N) is 2. The van der Waals surface area contributed by atoms with Gasteiger partial charge in [0.05, 0.1) is 0 Å². The number of halogens is 2. The van der Waals surface area contributed by atoms with E-state index in [2.05, 4.69) is 15.3 Å². The molecule has 0 unspecified atom stereocenters. The van der Waals surface area contributed by atoms with E-state index in [0.29, 0.717) is 18.2 Å². The van der Waals surface area contributed by atoms with E-state index < -0.39 is 11.6 Å². The van der Waals surface area contributed by atoms with Crippen LogP contribution in [0.15, 0.2) is 24.3 Å². The van der Waals surface area contributed by atoms with Crippen LogP contribution in [0.1, 0.15) is 12.6 Å². The Morgan fingerprint density at radius 1 is 1.11 bits per heavy atom. The van der Waals surface area contributed by atoms with Gasteiger partial charge in [-0.1, -0.05) is 0 Å². The highest BCUT2D eigenvalue weighted by molar-refractivity contribution is 5.34. The van der Waals surface area contributed by atoms with E-state index in [1.165, 1.54) is 0 Å². The summed E-state index contributed by atoms with van der Waals surface area (Å²) < 4.78 is 31.4. The molecule has 1 aromatic carbocycles. The number of anilines is 1. The molecule has 0 saturated heterocycles. The van der Waals surface area contributed by atoms with Gasteiger partial charge in [0, 0.05) is 36.5 Å². The molecule has 0 fully saturated rings. The highest BCUT2D eigenvalue weighted by Gasteiger charge is 2.06. The number of rotatable bonds is 4. The predicted molar refractivity (Wildman–Crippen MR) is 67.4 cm³/mol. The molecule has 0 aliphatic carbocycles. The lowest BCUT2D eigenvalue weighted by molar-refractivity contribution is 0.450. The van der Waals surface area contributed by atoms with Crippen molar-refractivity contribution in [3.05, 3.63) is 41.6 Å². The maximum Gasteiger partial charge on any atom is 0.226 e. The number of ether oxygens (including phenoxy) is 1. The first-order chi connectivity index (χ1) is 9.06. The SMILES string of the molecule is CCNc1nc(C)cc(Oc2cc(F)cc(F)c2)n1. The Morgan fingerprint density at radius 3 is 2.42 bits per heavy atom. The van der Waals surface area contributed by atoms with Crippen molar-refractivity contribution in [3.8, 4) is 11.6 Å². The maximum atomic E-state index is 13.0. The Bertz CT molecular complexity index is 570. The summed E-state index contributed by atoms with van der Waals surface area (Å²) in [5.74, 6) is -0.707. The number of aryl methyl sites for hydroxylation is 1. The Kier molecular flexibility index (Phi) is 3.89. The van der Waals surface area contributed by atoms with E-state index >= 15 is 0 Å². The zero-order valence-electron chi connectivity index (χ0n) is 10.6. The van der Waals surface area contributed by atoms with Crippen molar-refractivity contribution in [1.82, 2.24) is 9.97 Å². The van der Waals surface area contributed by atoms with Gasteiger partial charge in [0.1, 0.15) is 17.4 Å². The summed E-state index contributed by atoms with van der Waals surface area (Å²) in [6.07, 6.45) is 0. The van der Waals surface area contributed by atoms with Crippen LogP contribution in [0, 0.1) is 18.6 Å². The Morgan fingerprint density at radius 2 is 1.79 bits per heavy atom. The normalized spacial score (nSPS) is 10.3. The lowest BCUT2D eigenvalue weighted by Crippen LogP contribution is -2.04. The summed E-state index contributed by atoms with van der Waals surface area (Å²) >= 11 is 0. The molecule has 0 saturated carbocycles. The second-order valence-corrected chi connectivity index (χ2v) is 3.91. The average Bonchev–Trinajstić information content (AvgIpc) is 2.26. The van der Waals surface area contributed by atoms with Crippen molar-refractivity contribution < 1.29 is 13.5 Å². The van der Waals surface area contributed by atoms with Crippen LogP contribution in [-0.2, 0) is 0 Å². The minimum atomic E-state index is -0.701. The van der Waals surface area contributed by atoms with Crippen molar-refractivity contribution in [2.75, 3.05) is 11.9 Å². The van der Waals surface area contributed by atoms with Crippen molar-refractivity contribution in [3.63, 3.8) is 0 Å². The summed E-state index contributed by atoms with van der Waals surface area (Å²) in [6.45, 7) is 4.35. The molecule has 19 heavy (non-hydrogen) atoms. The van der Waals surface area contributed by atoms with Gasteiger partial charge in [-0.2, -0.15) is 4.98 Å². The lowest BCUT2D eigenvalue weighted by Gasteiger charge is -2.08. The molecule has 100 valence electrons. The Hall–Kier alpha value is -2.24. The predicted octanol–water partition coefficient (Wildman–Crippen LogP) is 3.29. The van der Waals surface area contributed by atoms with Crippen molar-refractivity contribution in [2.45, 2.75) is 13.8 Å². The molecule has 0 amide bonds. The summed E-state index contributed by atoms with van der Waals surface area (Å²) in [5, 5.41) is 2.95. The minimum Gasteiger partial charge on any atom is -0.439 e. The Balaban J connectivity index is 2.27. The van der Waals surface area contributed by atoms with Crippen LogP contribution in [0.4, 0.5) is 14.7 Å². The van der Waals surface area contributed by atoms with Gasteiger partial charge in [0.15, 0.2) is 0 Å². The van der Waals surface area contributed by atoms with Crippen LogP contribution in [0.3, 0.4) is 0 Å². The molecule has 0 spiro atoms. The molecule has 0 radical (unpaired) electrons. The summed E-state index contributed by atoms with van der Waals surface area (Å²) in [4.78, 5) is 8.24. The van der Waals surface area contributed by atoms with E-state index in [1.54, 1.807) is 13.0 Å². The van der Waals surface area contributed by atoms with Crippen LogP contribution in [0.25, 0.3) is 0 Å². The van der Waals surface area contributed by atoms with E-state index in [4.69, 9.17) is 4.74 Å². The molecule has 0 atom stereocenters. The average molecular weight is 265 g/mol. The molecular weight excluding hydrogens is 252 g/mol. The Labute approximate surface area is 109 Å². The van der Waals surface area contributed by atoms with E-state index in [0.717, 1.165) is 18.2 Å². The first-order valence-corrected chi connectivity index (χ1v) is 5.80. The zero-order valence-corrected chi connectivity index (χ0v) is 10.6. The number of hydrogen-bond acceptors (Lipinski definition) is 4. The maximum absolute atomic E-state index is 13.0. The molecule has 2 rings (SSSR count). The molecule has 0 bridgehead atoms. The molecule has 1 aromatic heterocycles. The van der Waals surface area contributed by atoms with Gasteiger partial charge in [-0.05, 0) is 13.8 Å². The third kappa shape index (κ3) is 3.61. The van der Waals surface area contributed by atoms with Crippen LogP contribution in [0.2, 0.25) is 0 Å². The van der Waals surface area contributed by atoms with E-state index in [9.17, 15) is 8.78 Å². The number of benzene rings is 1. The van der Waals surface area contributed by atoms with Gasteiger partial charge in [0.2, 0.25) is 11.8 Å². The van der Waals surface area contributed by atoms with Gasteiger partial charge >= 0.3 is 0 Å². The number of nitrogens with one attached hydrogen (secondary N) is 1. The molecule has 2 aromatic rings. The monoisotopic (exact) mass is 265 g/mol. The number of aromatic nitrogens is 2. The topological polar surface area (TPSA) is 47.0 Å². The summed E-state index contributed by atoms with van der Waals surface area (Å²) in [5.41, 5.74) is 0.692. The van der Waals surface area contributed by atoms with E-state index in [1.807, 2.05) is 6.92 Å². The third-order valence-electron chi connectivity index (χ3n) is 2.22. The summed E-state index contributed by atoms with van der Waals surface area (Å²) in [6, 6.07) is 4.55. The van der Waals surface area contributed by atoms with Gasteiger partial charge in [-0.15, -0.1) is 0 Å². The first kappa shape index (κ1) is 13.2. The van der Waals surface area contributed by atoms with Gasteiger partial charge in [0.25, 0.3) is 0 Å². The van der Waals surface area contributed by atoms with Crippen LogP contribution < -0.4 is 10.1 Å². The molecule has 4 nitrogen and oxygen atoms in total. The largest absolute Gasteiger partial charge is 0.439 e. The molecule has 1 N–H and O–H groups in total. The highest BCUT2D eigenvalue weighted by Crippen LogP contribution is 2.23. The molecule has 6 heteroatoms. The second-order valence-electron chi connectivity index (χ2n) is 3.91. The highest BCUT2D eigenvalue weighted by atomic mass is 19.1. The standard InChI is InChI=1S/C13H13F2N3O/c1-3-16-13-17-8(2)4-12(18-13)19-11-6-9(14)5-10(15)7-11/h4-7H,3H2,1-2H3,(H,16,17,18). The fourth-order valence-corrected chi connectivity index (χ4v) is 1.54. The second kappa shape index (κ2) is 5.60.